The standard InChI is InChI=1S/C21H17NO3S/c1-12-19(15-8-4-5-9-16(15)22-12)20(23)13(2)25-21(24)18-11-14-7-3-6-10-17(14)26-18/h3-11,13,22H,1-2H3/t13-/m1/s1. The number of thiophene rings is 1. The van der Waals surface area contributed by atoms with Crippen molar-refractivity contribution in [3.8, 4) is 0 Å². The molecule has 2 aromatic carbocycles. The van der Waals surface area contributed by atoms with Crippen LogP contribution in [0.4, 0.5) is 0 Å². The zero-order valence-electron chi connectivity index (χ0n) is 14.4. The highest BCUT2D eigenvalue weighted by molar-refractivity contribution is 7.20. The van der Waals surface area contributed by atoms with Crippen molar-refractivity contribution in [2.45, 2.75) is 20.0 Å². The van der Waals surface area contributed by atoms with Gasteiger partial charge in [0.2, 0.25) is 5.78 Å². The van der Waals surface area contributed by atoms with E-state index >= 15 is 0 Å². The number of benzene rings is 2. The van der Waals surface area contributed by atoms with Gasteiger partial charge in [0.15, 0.2) is 6.10 Å². The van der Waals surface area contributed by atoms with Crippen molar-refractivity contribution >= 4 is 44.1 Å². The normalized spacial score (nSPS) is 12.4. The Balaban J connectivity index is 1.58. The Morgan fingerprint density at radius 2 is 1.81 bits per heavy atom. The van der Waals surface area contributed by atoms with Crippen molar-refractivity contribution in [1.82, 2.24) is 4.98 Å². The Hall–Kier alpha value is -2.92. The summed E-state index contributed by atoms with van der Waals surface area (Å²) < 4.78 is 6.48. The minimum Gasteiger partial charge on any atom is -0.450 e. The number of aryl methyl sites for hydroxylation is 1. The van der Waals surface area contributed by atoms with Crippen LogP contribution in [0.2, 0.25) is 0 Å². The van der Waals surface area contributed by atoms with Crippen molar-refractivity contribution in [3.63, 3.8) is 0 Å². The number of carbonyl (C=O) groups excluding carboxylic acids is 2. The molecule has 0 fully saturated rings. The van der Waals surface area contributed by atoms with Crippen LogP contribution in [0.15, 0.2) is 54.6 Å². The average molecular weight is 363 g/mol. The molecule has 0 aliphatic carbocycles. The number of ketones is 1. The molecule has 130 valence electrons. The van der Waals surface area contributed by atoms with E-state index in [-0.39, 0.29) is 5.78 Å². The molecule has 0 unspecified atom stereocenters. The van der Waals surface area contributed by atoms with Gasteiger partial charge in [-0.15, -0.1) is 11.3 Å². The van der Waals surface area contributed by atoms with E-state index in [0.29, 0.717) is 10.4 Å². The number of fused-ring (bicyclic) bond motifs is 2. The molecule has 4 aromatic rings. The zero-order valence-corrected chi connectivity index (χ0v) is 15.2. The summed E-state index contributed by atoms with van der Waals surface area (Å²) in [6.07, 6.45) is -0.856. The number of esters is 1. The molecule has 2 heterocycles. The summed E-state index contributed by atoms with van der Waals surface area (Å²) in [5.74, 6) is -0.668. The molecule has 26 heavy (non-hydrogen) atoms. The smallest absolute Gasteiger partial charge is 0.349 e. The van der Waals surface area contributed by atoms with Crippen LogP contribution < -0.4 is 0 Å². The molecule has 2 aromatic heterocycles. The van der Waals surface area contributed by atoms with E-state index in [9.17, 15) is 9.59 Å². The lowest BCUT2D eigenvalue weighted by molar-refractivity contribution is 0.0324. The number of hydrogen-bond acceptors (Lipinski definition) is 4. The van der Waals surface area contributed by atoms with Gasteiger partial charge >= 0.3 is 5.97 Å². The molecule has 4 rings (SSSR count). The van der Waals surface area contributed by atoms with Crippen LogP contribution in [0.1, 0.15) is 32.6 Å². The predicted molar refractivity (Wildman–Crippen MR) is 104 cm³/mol. The number of nitrogens with one attached hydrogen (secondary N) is 1. The number of aromatic amines is 1. The van der Waals surface area contributed by atoms with Gasteiger partial charge in [0.1, 0.15) is 4.88 Å². The maximum absolute atomic E-state index is 12.9. The van der Waals surface area contributed by atoms with Crippen molar-refractivity contribution in [2.24, 2.45) is 0 Å². The minimum absolute atomic E-state index is 0.200. The van der Waals surface area contributed by atoms with E-state index in [0.717, 1.165) is 26.7 Å². The molecule has 0 saturated carbocycles. The SMILES string of the molecule is Cc1[nH]c2ccccc2c1C(=O)[C@@H](C)OC(=O)c1cc2ccccc2s1. The quantitative estimate of drug-likeness (QED) is 0.404. The summed E-state index contributed by atoms with van der Waals surface area (Å²) in [5, 5.41) is 1.84. The molecule has 0 aliphatic rings. The van der Waals surface area contributed by atoms with E-state index in [1.165, 1.54) is 11.3 Å². The number of ether oxygens (including phenoxy) is 1. The Kier molecular flexibility index (Phi) is 4.09. The lowest BCUT2D eigenvalue weighted by Crippen LogP contribution is -2.24. The van der Waals surface area contributed by atoms with Crippen LogP contribution in [0, 0.1) is 6.92 Å². The van der Waals surface area contributed by atoms with Gasteiger partial charge in [0.25, 0.3) is 0 Å². The molecular formula is C21H17NO3S. The fraction of sp³-hybridized carbons (Fsp3) is 0.143. The molecule has 0 radical (unpaired) electrons. The van der Waals surface area contributed by atoms with Gasteiger partial charge in [-0.25, -0.2) is 4.79 Å². The van der Waals surface area contributed by atoms with E-state index in [4.69, 9.17) is 4.74 Å². The Bertz CT molecular complexity index is 1110. The highest BCUT2D eigenvalue weighted by atomic mass is 32.1. The van der Waals surface area contributed by atoms with Gasteiger partial charge in [-0.1, -0.05) is 36.4 Å². The fourth-order valence-electron chi connectivity index (χ4n) is 3.15. The molecule has 0 bridgehead atoms. The third kappa shape index (κ3) is 2.80. The van der Waals surface area contributed by atoms with Crippen LogP contribution in [0.25, 0.3) is 21.0 Å². The number of aromatic nitrogens is 1. The summed E-state index contributed by atoms with van der Waals surface area (Å²) in [7, 11) is 0. The van der Waals surface area contributed by atoms with Crippen LogP contribution >= 0.6 is 11.3 Å². The summed E-state index contributed by atoms with van der Waals surface area (Å²) >= 11 is 1.37. The monoisotopic (exact) mass is 363 g/mol. The lowest BCUT2D eigenvalue weighted by Gasteiger charge is -2.11. The molecular weight excluding hydrogens is 346 g/mol. The first-order chi connectivity index (χ1) is 12.5. The van der Waals surface area contributed by atoms with Crippen molar-refractivity contribution < 1.29 is 14.3 Å². The molecule has 0 saturated heterocycles. The number of rotatable bonds is 4. The molecule has 1 atom stereocenters. The lowest BCUT2D eigenvalue weighted by atomic mass is 10.0. The first-order valence-electron chi connectivity index (χ1n) is 8.35. The van der Waals surface area contributed by atoms with Gasteiger partial charge in [0.05, 0.1) is 0 Å². The summed E-state index contributed by atoms with van der Waals surface area (Å²) in [4.78, 5) is 29.1. The van der Waals surface area contributed by atoms with Crippen LogP contribution in [0.3, 0.4) is 0 Å². The average Bonchev–Trinajstić information content (AvgIpc) is 3.21. The maximum atomic E-state index is 12.9. The number of carbonyl (C=O) groups is 2. The van der Waals surface area contributed by atoms with Crippen molar-refractivity contribution in [3.05, 3.63) is 70.7 Å². The molecule has 0 spiro atoms. The molecule has 4 nitrogen and oxygen atoms in total. The molecule has 0 amide bonds. The topological polar surface area (TPSA) is 59.2 Å². The van der Waals surface area contributed by atoms with Gasteiger partial charge in [-0.2, -0.15) is 0 Å². The van der Waals surface area contributed by atoms with E-state index in [1.807, 2.05) is 55.5 Å². The van der Waals surface area contributed by atoms with Gasteiger partial charge in [0, 0.05) is 26.9 Å². The van der Waals surface area contributed by atoms with Crippen LogP contribution in [-0.4, -0.2) is 22.8 Å². The van der Waals surface area contributed by atoms with E-state index in [1.54, 1.807) is 13.0 Å². The molecule has 1 N–H and O–H groups in total. The fourth-order valence-corrected chi connectivity index (χ4v) is 4.10. The minimum atomic E-state index is -0.856. The van der Waals surface area contributed by atoms with E-state index < -0.39 is 12.1 Å². The Morgan fingerprint density at radius 3 is 2.62 bits per heavy atom. The maximum Gasteiger partial charge on any atom is 0.349 e. The molecule has 0 aliphatic heterocycles. The van der Waals surface area contributed by atoms with Crippen LogP contribution in [0.5, 0.6) is 0 Å². The third-order valence-corrected chi connectivity index (χ3v) is 5.52. The number of hydrogen-bond donors (Lipinski definition) is 1. The summed E-state index contributed by atoms with van der Waals surface area (Å²) in [6, 6.07) is 17.2. The number of para-hydroxylation sites is 1. The first kappa shape index (κ1) is 16.5. The second-order valence-corrected chi connectivity index (χ2v) is 7.31. The highest BCUT2D eigenvalue weighted by Gasteiger charge is 2.25. The van der Waals surface area contributed by atoms with Gasteiger partial charge < -0.3 is 9.72 Å². The van der Waals surface area contributed by atoms with Crippen molar-refractivity contribution in [1.29, 1.82) is 0 Å². The van der Waals surface area contributed by atoms with Crippen LogP contribution in [-0.2, 0) is 4.74 Å². The number of Topliss-reactive ketones (excluding diaryl/α,β-unsaturated/α-hetero) is 1. The Labute approximate surface area is 154 Å². The largest absolute Gasteiger partial charge is 0.450 e. The van der Waals surface area contributed by atoms with E-state index in [2.05, 4.69) is 4.98 Å². The highest BCUT2D eigenvalue weighted by Crippen LogP contribution is 2.27. The zero-order chi connectivity index (χ0) is 18.3. The summed E-state index contributed by atoms with van der Waals surface area (Å²) in [6.45, 7) is 3.47. The number of H-pyrrole nitrogens is 1. The van der Waals surface area contributed by atoms with Gasteiger partial charge in [-0.05, 0) is 37.4 Å². The predicted octanol–water partition coefficient (Wildman–Crippen LogP) is 5.12. The Morgan fingerprint density at radius 1 is 1.08 bits per heavy atom. The second kappa shape index (κ2) is 6.42. The second-order valence-electron chi connectivity index (χ2n) is 6.23. The first-order valence-corrected chi connectivity index (χ1v) is 9.17. The molecule has 5 heteroatoms. The third-order valence-electron chi connectivity index (χ3n) is 4.42. The van der Waals surface area contributed by atoms with Crippen molar-refractivity contribution in [2.75, 3.05) is 0 Å². The summed E-state index contributed by atoms with van der Waals surface area (Å²) in [5.41, 5.74) is 2.26. The van der Waals surface area contributed by atoms with Gasteiger partial charge in [-0.3, -0.25) is 4.79 Å².